The molecule has 0 aromatic carbocycles. The minimum Gasteiger partial charge on any atom is -0.369 e. The molecule has 1 fully saturated rings. The minimum atomic E-state index is -0.409. The predicted molar refractivity (Wildman–Crippen MR) is 67.1 cm³/mol. The largest absolute Gasteiger partial charge is 0.369 e. The van der Waals surface area contributed by atoms with Gasteiger partial charge in [-0.25, -0.2) is 0 Å². The summed E-state index contributed by atoms with van der Waals surface area (Å²) in [5.74, 6) is -0.193. The average Bonchev–Trinajstić information content (AvgIpc) is 2.27. The molecule has 2 N–H and O–H groups in total. The zero-order chi connectivity index (χ0) is 12.2. The molecule has 0 atom stereocenters. The van der Waals surface area contributed by atoms with Crippen molar-refractivity contribution in [2.45, 2.75) is 58.9 Å². The molecular formula is C13H26N2O. The molecular weight excluding hydrogens is 200 g/mol. The molecule has 0 saturated heterocycles. The average molecular weight is 226 g/mol. The molecule has 3 heteroatoms. The number of primary amides is 1. The van der Waals surface area contributed by atoms with Gasteiger partial charge in [-0.15, -0.1) is 0 Å². The highest BCUT2D eigenvalue weighted by molar-refractivity contribution is 5.80. The Morgan fingerprint density at radius 3 is 2.31 bits per heavy atom. The molecule has 0 spiro atoms. The van der Waals surface area contributed by atoms with Crippen molar-refractivity contribution in [3.63, 3.8) is 0 Å². The summed E-state index contributed by atoms with van der Waals surface area (Å²) in [6.07, 6.45) is 6.59. The van der Waals surface area contributed by atoms with Crippen molar-refractivity contribution in [3.05, 3.63) is 0 Å². The molecule has 0 heterocycles. The molecule has 1 aliphatic rings. The number of amides is 1. The van der Waals surface area contributed by atoms with Crippen LogP contribution in [0.5, 0.6) is 0 Å². The van der Waals surface area contributed by atoms with Crippen molar-refractivity contribution in [2.24, 2.45) is 11.1 Å². The second-order valence-corrected chi connectivity index (χ2v) is 5.60. The quantitative estimate of drug-likeness (QED) is 0.781. The highest BCUT2D eigenvalue weighted by Crippen LogP contribution is 2.25. The first kappa shape index (κ1) is 13.5. The van der Waals surface area contributed by atoms with Gasteiger partial charge in [-0.05, 0) is 33.2 Å². The van der Waals surface area contributed by atoms with Gasteiger partial charge in [0.25, 0.3) is 0 Å². The van der Waals surface area contributed by atoms with Gasteiger partial charge in [-0.1, -0.05) is 26.2 Å². The molecule has 0 radical (unpaired) electrons. The topological polar surface area (TPSA) is 46.3 Å². The third-order valence-corrected chi connectivity index (χ3v) is 3.76. The van der Waals surface area contributed by atoms with Gasteiger partial charge in [-0.3, -0.25) is 9.69 Å². The van der Waals surface area contributed by atoms with E-state index in [4.69, 9.17) is 5.73 Å². The molecule has 1 saturated carbocycles. The van der Waals surface area contributed by atoms with E-state index in [1.807, 2.05) is 13.8 Å². The molecule has 1 rings (SSSR count). The van der Waals surface area contributed by atoms with Crippen LogP contribution in [-0.2, 0) is 4.79 Å². The summed E-state index contributed by atoms with van der Waals surface area (Å²) in [6, 6.07) is 0.664. The standard InChI is InChI=1S/C13H26N2O/c1-4-15(10-13(2,3)12(14)16)11-8-6-5-7-9-11/h11H,4-10H2,1-3H3,(H2,14,16). The summed E-state index contributed by atoms with van der Waals surface area (Å²) in [5, 5.41) is 0. The highest BCUT2D eigenvalue weighted by Gasteiger charge is 2.30. The van der Waals surface area contributed by atoms with E-state index in [0.717, 1.165) is 13.1 Å². The van der Waals surface area contributed by atoms with Crippen LogP contribution in [0.1, 0.15) is 52.9 Å². The van der Waals surface area contributed by atoms with E-state index in [1.165, 1.54) is 32.1 Å². The predicted octanol–water partition coefficient (Wildman–Crippen LogP) is 2.15. The van der Waals surface area contributed by atoms with Crippen LogP contribution in [0.25, 0.3) is 0 Å². The Bertz CT molecular complexity index is 232. The van der Waals surface area contributed by atoms with Crippen LogP contribution in [0.4, 0.5) is 0 Å². The first-order valence-electron chi connectivity index (χ1n) is 6.51. The number of carbonyl (C=O) groups is 1. The number of nitrogens with zero attached hydrogens (tertiary/aromatic N) is 1. The fourth-order valence-electron chi connectivity index (χ4n) is 2.53. The van der Waals surface area contributed by atoms with Gasteiger partial charge in [0.2, 0.25) is 5.91 Å². The van der Waals surface area contributed by atoms with Crippen molar-refractivity contribution in [1.82, 2.24) is 4.90 Å². The van der Waals surface area contributed by atoms with Gasteiger partial charge in [0.1, 0.15) is 0 Å². The second kappa shape index (κ2) is 5.67. The van der Waals surface area contributed by atoms with Gasteiger partial charge < -0.3 is 5.73 Å². The molecule has 0 aromatic heterocycles. The SMILES string of the molecule is CCN(CC(C)(C)C(N)=O)C1CCCCC1. The van der Waals surface area contributed by atoms with E-state index < -0.39 is 5.41 Å². The molecule has 3 nitrogen and oxygen atoms in total. The van der Waals surface area contributed by atoms with E-state index >= 15 is 0 Å². The summed E-state index contributed by atoms with van der Waals surface area (Å²) < 4.78 is 0. The fourth-order valence-corrected chi connectivity index (χ4v) is 2.53. The smallest absolute Gasteiger partial charge is 0.224 e. The van der Waals surface area contributed by atoms with Gasteiger partial charge in [-0.2, -0.15) is 0 Å². The van der Waals surface area contributed by atoms with Gasteiger partial charge in [0, 0.05) is 12.6 Å². The summed E-state index contributed by atoms with van der Waals surface area (Å²) >= 11 is 0. The van der Waals surface area contributed by atoms with Crippen LogP contribution in [0.15, 0.2) is 0 Å². The Morgan fingerprint density at radius 1 is 1.31 bits per heavy atom. The van der Waals surface area contributed by atoms with Crippen molar-refractivity contribution in [1.29, 1.82) is 0 Å². The van der Waals surface area contributed by atoms with Crippen molar-refractivity contribution >= 4 is 5.91 Å². The second-order valence-electron chi connectivity index (χ2n) is 5.60. The van der Waals surface area contributed by atoms with Gasteiger partial charge >= 0.3 is 0 Å². The maximum atomic E-state index is 11.4. The Balaban J connectivity index is 2.56. The number of nitrogens with two attached hydrogens (primary N) is 1. The van der Waals surface area contributed by atoms with Crippen LogP contribution < -0.4 is 5.73 Å². The monoisotopic (exact) mass is 226 g/mol. The third-order valence-electron chi connectivity index (χ3n) is 3.76. The van der Waals surface area contributed by atoms with Crippen LogP contribution in [0.3, 0.4) is 0 Å². The molecule has 0 aliphatic heterocycles. The molecule has 16 heavy (non-hydrogen) atoms. The Morgan fingerprint density at radius 2 is 1.88 bits per heavy atom. The molecule has 0 bridgehead atoms. The fraction of sp³-hybridized carbons (Fsp3) is 0.923. The van der Waals surface area contributed by atoms with Crippen molar-refractivity contribution in [3.8, 4) is 0 Å². The van der Waals surface area contributed by atoms with E-state index in [0.29, 0.717) is 6.04 Å². The number of rotatable bonds is 5. The highest BCUT2D eigenvalue weighted by atomic mass is 16.1. The van der Waals surface area contributed by atoms with Gasteiger partial charge in [0.05, 0.1) is 5.41 Å². The Labute approximate surface area is 99.4 Å². The van der Waals surface area contributed by atoms with Gasteiger partial charge in [0.15, 0.2) is 0 Å². The summed E-state index contributed by atoms with van der Waals surface area (Å²) in [7, 11) is 0. The third kappa shape index (κ3) is 3.48. The number of hydrogen-bond acceptors (Lipinski definition) is 2. The van der Waals surface area contributed by atoms with Crippen molar-refractivity contribution < 1.29 is 4.79 Å². The molecule has 0 unspecified atom stereocenters. The van der Waals surface area contributed by atoms with Crippen LogP contribution in [-0.4, -0.2) is 29.9 Å². The van der Waals surface area contributed by atoms with E-state index in [2.05, 4.69) is 11.8 Å². The molecule has 0 aromatic rings. The lowest BCUT2D eigenvalue weighted by Gasteiger charge is -2.37. The van der Waals surface area contributed by atoms with Crippen molar-refractivity contribution in [2.75, 3.05) is 13.1 Å². The minimum absolute atomic E-state index is 0.193. The van der Waals surface area contributed by atoms with E-state index in [9.17, 15) is 4.79 Å². The number of carbonyl (C=O) groups excluding carboxylic acids is 1. The normalized spacial score (nSPS) is 19.0. The lowest BCUT2D eigenvalue weighted by molar-refractivity contribution is -0.127. The lowest BCUT2D eigenvalue weighted by atomic mass is 9.88. The summed E-state index contributed by atoms with van der Waals surface area (Å²) in [4.78, 5) is 13.8. The Kier molecular flexibility index (Phi) is 4.78. The molecule has 1 amide bonds. The summed E-state index contributed by atoms with van der Waals surface area (Å²) in [6.45, 7) is 7.87. The molecule has 1 aliphatic carbocycles. The maximum absolute atomic E-state index is 11.4. The van der Waals surface area contributed by atoms with Crippen LogP contribution >= 0.6 is 0 Å². The first-order valence-corrected chi connectivity index (χ1v) is 6.51. The van der Waals surface area contributed by atoms with E-state index in [1.54, 1.807) is 0 Å². The molecule has 94 valence electrons. The number of hydrogen-bond donors (Lipinski definition) is 1. The zero-order valence-corrected chi connectivity index (χ0v) is 11.0. The lowest BCUT2D eigenvalue weighted by Crippen LogP contribution is -2.47. The zero-order valence-electron chi connectivity index (χ0n) is 11.0. The van der Waals surface area contributed by atoms with Crippen LogP contribution in [0.2, 0.25) is 0 Å². The van der Waals surface area contributed by atoms with E-state index in [-0.39, 0.29) is 5.91 Å². The summed E-state index contributed by atoms with van der Waals surface area (Å²) in [5.41, 5.74) is 5.03. The maximum Gasteiger partial charge on any atom is 0.224 e. The Hall–Kier alpha value is -0.570. The first-order chi connectivity index (χ1) is 7.47. The van der Waals surface area contributed by atoms with Crippen LogP contribution in [0, 0.1) is 5.41 Å².